The van der Waals surface area contributed by atoms with Crippen molar-refractivity contribution in [3.05, 3.63) is 0 Å². The number of aliphatic carboxylic acids is 1. The van der Waals surface area contributed by atoms with Crippen LogP contribution in [0.25, 0.3) is 0 Å². The van der Waals surface area contributed by atoms with Gasteiger partial charge in [0.2, 0.25) is 0 Å². The van der Waals surface area contributed by atoms with Gasteiger partial charge in [-0.15, -0.1) is 0 Å². The fraction of sp³-hybridized carbons (Fsp3) is 0.833. The lowest BCUT2D eigenvalue weighted by molar-refractivity contribution is -0.142. The van der Waals surface area contributed by atoms with Crippen molar-refractivity contribution in [3.8, 4) is 0 Å². The van der Waals surface area contributed by atoms with Crippen molar-refractivity contribution in [2.24, 2.45) is 5.41 Å². The molecule has 0 fully saturated rings. The van der Waals surface area contributed by atoms with Gasteiger partial charge in [0.15, 0.2) is 0 Å². The van der Waals surface area contributed by atoms with Gasteiger partial charge in [0.25, 0.3) is 0 Å². The van der Waals surface area contributed by atoms with Crippen LogP contribution in [0.1, 0.15) is 34.1 Å². The van der Waals surface area contributed by atoms with E-state index in [0.717, 1.165) is 6.42 Å². The number of methoxy groups -OCH3 is 1. The summed E-state index contributed by atoms with van der Waals surface area (Å²) >= 11 is 0. The van der Waals surface area contributed by atoms with Gasteiger partial charge in [0, 0.05) is 20.3 Å². The minimum absolute atomic E-state index is 0.0965. The number of carbonyl (C=O) groups is 2. The summed E-state index contributed by atoms with van der Waals surface area (Å²) in [6, 6.07) is -0.479. The fourth-order valence-electron chi connectivity index (χ4n) is 1.17. The summed E-state index contributed by atoms with van der Waals surface area (Å²) in [5, 5.41) is 14.0. The predicted octanol–water partition coefficient (Wildman–Crippen LogP) is 1.21. The molecule has 0 rings (SSSR count). The summed E-state index contributed by atoms with van der Waals surface area (Å²) in [4.78, 5) is 22.4. The highest BCUT2D eigenvalue weighted by atomic mass is 16.5. The van der Waals surface area contributed by atoms with Gasteiger partial charge >= 0.3 is 12.0 Å². The van der Waals surface area contributed by atoms with Gasteiger partial charge in [-0.25, -0.2) is 9.59 Å². The van der Waals surface area contributed by atoms with Crippen molar-refractivity contribution in [3.63, 3.8) is 0 Å². The van der Waals surface area contributed by atoms with Crippen molar-refractivity contribution in [1.82, 2.24) is 10.6 Å². The lowest BCUT2D eigenvalue weighted by atomic mass is 9.90. The van der Waals surface area contributed by atoms with Crippen molar-refractivity contribution >= 4 is 12.0 Å². The fourth-order valence-corrected chi connectivity index (χ4v) is 1.17. The van der Waals surface area contributed by atoms with Gasteiger partial charge in [-0.3, -0.25) is 0 Å². The number of nitrogens with one attached hydrogen (secondary N) is 2. The molecule has 0 atom stereocenters. The second kappa shape index (κ2) is 6.58. The second-order valence-corrected chi connectivity index (χ2v) is 5.64. The number of ether oxygens (including phenoxy) is 1. The molecule has 0 aromatic carbocycles. The van der Waals surface area contributed by atoms with Gasteiger partial charge in [-0.05, 0) is 25.7 Å². The van der Waals surface area contributed by atoms with Gasteiger partial charge in [0.1, 0.15) is 5.54 Å². The summed E-state index contributed by atoms with van der Waals surface area (Å²) in [7, 11) is 1.63. The molecule has 106 valence electrons. The minimum atomic E-state index is -1.28. The number of carbonyl (C=O) groups excluding carboxylic acids is 1. The van der Waals surface area contributed by atoms with Crippen LogP contribution in [0.15, 0.2) is 0 Å². The van der Waals surface area contributed by atoms with Gasteiger partial charge < -0.3 is 20.5 Å². The van der Waals surface area contributed by atoms with E-state index in [4.69, 9.17) is 9.84 Å². The zero-order chi connectivity index (χ0) is 14.4. The van der Waals surface area contributed by atoms with Crippen molar-refractivity contribution in [1.29, 1.82) is 0 Å². The van der Waals surface area contributed by atoms with E-state index in [1.807, 2.05) is 13.8 Å². The first-order valence-corrected chi connectivity index (χ1v) is 5.89. The molecule has 18 heavy (non-hydrogen) atoms. The molecule has 0 unspecified atom stereocenters. The minimum Gasteiger partial charge on any atom is -0.480 e. The quantitative estimate of drug-likeness (QED) is 0.642. The third kappa shape index (κ3) is 6.44. The van der Waals surface area contributed by atoms with Crippen molar-refractivity contribution < 1.29 is 19.4 Å². The summed E-state index contributed by atoms with van der Waals surface area (Å²) in [6.07, 6.45) is 0.812. The van der Waals surface area contributed by atoms with Crippen LogP contribution in [0.3, 0.4) is 0 Å². The normalized spacial score (nSPS) is 12.1. The van der Waals surface area contributed by atoms with E-state index in [-0.39, 0.29) is 5.41 Å². The molecule has 0 aliphatic carbocycles. The Kier molecular flexibility index (Phi) is 6.11. The van der Waals surface area contributed by atoms with Crippen molar-refractivity contribution in [2.45, 2.75) is 39.7 Å². The Labute approximate surface area is 108 Å². The highest BCUT2D eigenvalue weighted by Crippen LogP contribution is 2.18. The molecule has 6 nitrogen and oxygen atoms in total. The standard InChI is InChI=1S/C12H24N2O4/c1-11(2,6-7-18-5)8-13-10(17)14-12(3,4)9(15)16/h6-8H2,1-5H3,(H,15,16)(H2,13,14,17). The largest absolute Gasteiger partial charge is 0.480 e. The van der Waals surface area contributed by atoms with Crippen LogP contribution >= 0.6 is 0 Å². The van der Waals surface area contributed by atoms with Gasteiger partial charge in [-0.1, -0.05) is 13.8 Å². The smallest absolute Gasteiger partial charge is 0.328 e. The third-order valence-electron chi connectivity index (χ3n) is 2.67. The average molecular weight is 260 g/mol. The molecule has 0 radical (unpaired) electrons. The maximum absolute atomic E-state index is 11.6. The van der Waals surface area contributed by atoms with Crippen LogP contribution in [-0.2, 0) is 9.53 Å². The third-order valence-corrected chi connectivity index (χ3v) is 2.67. The number of carboxylic acid groups (broad SMARTS) is 1. The molecule has 0 aromatic heterocycles. The molecule has 0 aromatic rings. The zero-order valence-corrected chi connectivity index (χ0v) is 11.8. The van der Waals surface area contributed by atoms with E-state index < -0.39 is 17.5 Å². The summed E-state index contributed by atoms with van der Waals surface area (Å²) in [5.41, 5.74) is -1.37. The van der Waals surface area contributed by atoms with E-state index in [9.17, 15) is 9.59 Å². The highest BCUT2D eigenvalue weighted by molar-refractivity contribution is 5.85. The maximum atomic E-state index is 11.6. The number of hydrogen-bond acceptors (Lipinski definition) is 3. The molecule has 0 saturated heterocycles. The molecule has 0 saturated carbocycles. The van der Waals surface area contributed by atoms with Crippen LogP contribution < -0.4 is 10.6 Å². The molecule has 0 heterocycles. The Bertz CT molecular complexity index is 300. The van der Waals surface area contributed by atoms with E-state index in [0.29, 0.717) is 13.2 Å². The first kappa shape index (κ1) is 16.7. The molecular weight excluding hydrogens is 236 g/mol. The highest BCUT2D eigenvalue weighted by Gasteiger charge is 2.29. The topological polar surface area (TPSA) is 87.7 Å². The van der Waals surface area contributed by atoms with E-state index >= 15 is 0 Å². The summed E-state index contributed by atoms with van der Waals surface area (Å²) in [5.74, 6) is -1.07. The Hall–Kier alpha value is -1.30. The predicted molar refractivity (Wildman–Crippen MR) is 68.5 cm³/mol. The summed E-state index contributed by atoms with van der Waals surface area (Å²) in [6.45, 7) is 7.97. The molecule has 0 bridgehead atoms. The SMILES string of the molecule is COCCC(C)(C)CNC(=O)NC(C)(C)C(=O)O. The zero-order valence-electron chi connectivity index (χ0n) is 11.8. The lowest BCUT2D eigenvalue weighted by Crippen LogP contribution is -2.54. The molecule has 0 aliphatic rings. The first-order valence-electron chi connectivity index (χ1n) is 5.89. The Morgan fingerprint density at radius 2 is 1.78 bits per heavy atom. The molecule has 6 heteroatoms. The monoisotopic (exact) mass is 260 g/mol. The van der Waals surface area contributed by atoms with Crippen LogP contribution in [0, 0.1) is 5.41 Å². The number of hydrogen-bond donors (Lipinski definition) is 3. The summed E-state index contributed by atoms with van der Waals surface area (Å²) < 4.78 is 4.99. The Balaban J connectivity index is 4.15. The average Bonchev–Trinajstić information content (AvgIpc) is 2.23. The first-order chi connectivity index (χ1) is 8.10. The number of carboxylic acids is 1. The molecular formula is C12H24N2O4. The number of urea groups is 1. The van der Waals surface area contributed by atoms with Crippen LogP contribution in [0.5, 0.6) is 0 Å². The Morgan fingerprint density at radius 1 is 1.22 bits per heavy atom. The molecule has 3 N–H and O–H groups in total. The van der Waals surface area contributed by atoms with E-state index in [1.165, 1.54) is 13.8 Å². The molecule has 0 aliphatic heterocycles. The van der Waals surface area contributed by atoms with Crippen molar-refractivity contribution in [2.75, 3.05) is 20.3 Å². The van der Waals surface area contributed by atoms with E-state index in [2.05, 4.69) is 10.6 Å². The van der Waals surface area contributed by atoms with Crippen LogP contribution in [0.4, 0.5) is 4.79 Å². The van der Waals surface area contributed by atoms with Gasteiger partial charge in [0.05, 0.1) is 0 Å². The lowest BCUT2D eigenvalue weighted by Gasteiger charge is -2.26. The molecule has 2 amide bonds. The number of rotatable bonds is 7. The maximum Gasteiger partial charge on any atom is 0.328 e. The van der Waals surface area contributed by atoms with Crippen LogP contribution in [-0.4, -0.2) is 42.9 Å². The van der Waals surface area contributed by atoms with Gasteiger partial charge in [-0.2, -0.15) is 0 Å². The second-order valence-electron chi connectivity index (χ2n) is 5.64. The molecule has 0 spiro atoms. The Morgan fingerprint density at radius 3 is 2.22 bits per heavy atom. The van der Waals surface area contributed by atoms with Crippen LogP contribution in [0.2, 0.25) is 0 Å². The van der Waals surface area contributed by atoms with E-state index in [1.54, 1.807) is 7.11 Å². The number of amides is 2.